The Morgan fingerprint density at radius 1 is 1.28 bits per heavy atom. The number of methoxy groups -OCH3 is 1. The van der Waals surface area contributed by atoms with E-state index in [1.165, 1.54) is 13.2 Å². The molecule has 0 unspecified atom stereocenters. The molecule has 0 N–H and O–H groups in total. The van der Waals surface area contributed by atoms with Crippen LogP contribution in [0.4, 0.5) is 4.39 Å². The third kappa shape index (κ3) is 3.47. The van der Waals surface area contributed by atoms with Crippen LogP contribution in [0.5, 0.6) is 5.75 Å². The SMILES string of the molecule is COc1ccc(CN(C)C(=O)Cn2c(C)nc3ccccc32)cc1F. The highest BCUT2D eigenvalue weighted by molar-refractivity contribution is 5.81. The summed E-state index contributed by atoms with van der Waals surface area (Å²) in [6, 6.07) is 12.4. The largest absolute Gasteiger partial charge is 0.494 e. The van der Waals surface area contributed by atoms with Gasteiger partial charge in [-0.15, -0.1) is 0 Å². The van der Waals surface area contributed by atoms with E-state index >= 15 is 0 Å². The summed E-state index contributed by atoms with van der Waals surface area (Å²) in [7, 11) is 3.13. The van der Waals surface area contributed by atoms with Crippen LogP contribution in [0.2, 0.25) is 0 Å². The number of imidazole rings is 1. The summed E-state index contributed by atoms with van der Waals surface area (Å²) in [5.41, 5.74) is 2.51. The van der Waals surface area contributed by atoms with Gasteiger partial charge in [-0.2, -0.15) is 0 Å². The van der Waals surface area contributed by atoms with Gasteiger partial charge in [0.05, 0.1) is 18.1 Å². The molecule has 0 aliphatic carbocycles. The summed E-state index contributed by atoms with van der Waals surface area (Å²) in [4.78, 5) is 18.6. The fourth-order valence-electron chi connectivity index (χ4n) is 2.82. The molecule has 0 radical (unpaired) electrons. The number of carbonyl (C=O) groups excluding carboxylic acids is 1. The van der Waals surface area contributed by atoms with Gasteiger partial charge >= 0.3 is 0 Å². The highest BCUT2D eigenvalue weighted by atomic mass is 19.1. The molecule has 0 saturated carbocycles. The number of likely N-dealkylation sites (N-methyl/N-ethyl adjacent to an activating group) is 1. The van der Waals surface area contributed by atoms with E-state index < -0.39 is 5.82 Å². The first kappa shape index (κ1) is 17.0. The van der Waals surface area contributed by atoms with Crippen molar-refractivity contribution in [3.05, 3.63) is 59.7 Å². The summed E-state index contributed by atoms with van der Waals surface area (Å²) in [5, 5.41) is 0. The summed E-state index contributed by atoms with van der Waals surface area (Å²) in [6.07, 6.45) is 0. The number of rotatable bonds is 5. The lowest BCUT2D eigenvalue weighted by Gasteiger charge is -2.18. The molecule has 1 aromatic heterocycles. The van der Waals surface area contributed by atoms with E-state index in [9.17, 15) is 9.18 Å². The van der Waals surface area contributed by atoms with Crippen LogP contribution in [0.15, 0.2) is 42.5 Å². The maximum Gasteiger partial charge on any atom is 0.242 e. The van der Waals surface area contributed by atoms with Gasteiger partial charge < -0.3 is 14.2 Å². The van der Waals surface area contributed by atoms with Crippen LogP contribution >= 0.6 is 0 Å². The van der Waals surface area contributed by atoms with Crippen LogP contribution in [0.3, 0.4) is 0 Å². The zero-order valence-electron chi connectivity index (χ0n) is 14.5. The molecule has 6 heteroatoms. The molecule has 0 bridgehead atoms. The highest BCUT2D eigenvalue weighted by Gasteiger charge is 2.15. The van der Waals surface area contributed by atoms with E-state index in [4.69, 9.17) is 4.74 Å². The Morgan fingerprint density at radius 2 is 2.04 bits per heavy atom. The van der Waals surface area contributed by atoms with Gasteiger partial charge in [-0.1, -0.05) is 18.2 Å². The van der Waals surface area contributed by atoms with Crippen LogP contribution < -0.4 is 4.74 Å². The van der Waals surface area contributed by atoms with Crippen molar-refractivity contribution in [3.63, 3.8) is 0 Å². The molecule has 5 nitrogen and oxygen atoms in total. The Balaban J connectivity index is 1.74. The van der Waals surface area contributed by atoms with Gasteiger partial charge in [0.1, 0.15) is 12.4 Å². The molecule has 25 heavy (non-hydrogen) atoms. The number of hydrogen-bond donors (Lipinski definition) is 0. The van der Waals surface area contributed by atoms with Crippen LogP contribution in [0.1, 0.15) is 11.4 Å². The van der Waals surface area contributed by atoms with Gasteiger partial charge in [-0.3, -0.25) is 4.79 Å². The van der Waals surface area contributed by atoms with Gasteiger partial charge in [0.15, 0.2) is 11.6 Å². The number of aryl methyl sites for hydroxylation is 1. The molecule has 3 rings (SSSR count). The molecule has 0 fully saturated rings. The second-order valence-electron chi connectivity index (χ2n) is 5.95. The van der Waals surface area contributed by atoms with E-state index in [-0.39, 0.29) is 18.2 Å². The van der Waals surface area contributed by atoms with Crippen LogP contribution in [0, 0.1) is 12.7 Å². The molecular weight excluding hydrogens is 321 g/mol. The van der Waals surface area contributed by atoms with E-state index in [1.807, 2.05) is 35.8 Å². The second-order valence-corrected chi connectivity index (χ2v) is 5.95. The molecule has 130 valence electrons. The number of ether oxygens (including phenoxy) is 1. The number of benzene rings is 2. The van der Waals surface area contributed by atoms with Crippen molar-refractivity contribution in [1.29, 1.82) is 0 Å². The Morgan fingerprint density at radius 3 is 2.76 bits per heavy atom. The van der Waals surface area contributed by atoms with Crippen molar-refractivity contribution in [3.8, 4) is 5.75 Å². The van der Waals surface area contributed by atoms with Crippen molar-refractivity contribution < 1.29 is 13.9 Å². The van der Waals surface area contributed by atoms with Crippen LogP contribution in [0.25, 0.3) is 11.0 Å². The average molecular weight is 341 g/mol. The number of nitrogens with zero attached hydrogens (tertiary/aromatic N) is 3. The normalized spacial score (nSPS) is 10.9. The van der Waals surface area contributed by atoms with Crippen molar-refractivity contribution >= 4 is 16.9 Å². The summed E-state index contributed by atoms with van der Waals surface area (Å²) in [6.45, 7) is 2.40. The van der Waals surface area contributed by atoms with Gasteiger partial charge in [-0.05, 0) is 36.8 Å². The molecule has 3 aromatic rings. The van der Waals surface area contributed by atoms with E-state index in [0.29, 0.717) is 12.1 Å². The van der Waals surface area contributed by atoms with Gasteiger partial charge in [-0.25, -0.2) is 9.37 Å². The zero-order chi connectivity index (χ0) is 18.0. The van der Waals surface area contributed by atoms with Gasteiger partial charge in [0.2, 0.25) is 5.91 Å². The highest BCUT2D eigenvalue weighted by Crippen LogP contribution is 2.19. The van der Waals surface area contributed by atoms with Gasteiger partial charge in [0, 0.05) is 13.6 Å². The van der Waals surface area contributed by atoms with E-state index in [2.05, 4.69) is 4.98 Å². The molecule has 2 aromatic carbocycles. The van der Waals surface area contributed by atoms with Crippen molar-refractivity contribution in [1.82, 2.24) is 14.5 Å². The molecule has 0 aliphatic heterocycles. The Labute approximate surface area is 145 Å². The third-order valence-electron chi connectivity index (χ3n) is 4.20. The zero-order valence-corrected chi connectivity index (χ0v) is 14.5. The first-order valence-corrected chi connectivity index (χ1v) is 7.98. The lowest BCUT2D eigenvalue weighted by molar-refractivity contribution is -0.131. The summed E-state index contributed by atoms with van der Waals surface area (Å²) in [5.74, 6) is 0.483. The number of hydrogen-bond acceptors (Lipinski definition) is 3. The summed E-state index contributed by atoms with van der Waals surface area (Å²) < 4.78 is 20.6. The smallest absolute Gasteiger partial charge is 0.242 e. The maximum atomic E-state index is 13.8. The number of aromatic nitrogens is 2. The minimum absolute atomic E-state index is 0.0671. The maximum absolute atomic E-state index is 13.8. The van der Waals surface area contributed by atoms with Crippen molar-refractivity contribution in [2.24, 2.45) is 0 Å². The van der Waals surface area contributed by atoms with Crippen LogP contribution in [-0.4, -0.2) is 34.5 Å². The van der Waals surface area contributed by atoms with Crippen molar-refractivity contribution in [2.75, 3.05) is 14.2 Å². The predicted octanol–water partition coefficient (Wildman–Crippen LogP) is 3.15. The molecule has 0 saturated heterocycles. The Hall–Kier alpha value is -2.89. The molecular formula is C19H20FN3O2. The second kappa shape index (κ2) is 6.93. The fraction of sp³-hybridized carbons (Fsp3) is 0.263. The lowest BCUT2D eigenvalue weighted by atomic mass is 10.2. The molecule has 0 aliphatic rings. The predicted molar refractivity (Wildman–Crippen MR) is 93.9 cm³/mol. The molecule has 1 amide bonds. The van der Waals surface area contributed by atoms with Crippen LogP contribution in [-0.2, 0) is 17.9 Å². The van der Waals surface area contributed by atoms with E-state index in [0.717, 1.165) is 16.9 Å². The van der Waals surface area contributed by atoms with E-state index in [1.54, 1.807) is 24.1 Å². The number of fused-ring (bicyclic) bond motifs is 1. The third-order valence-corrected chi connectivity index (χ3v) is 4.20. The fourth-order valence-corrected chi connectivity index (χ4v) is 2.82. The average Bonchev–Trinajstić information content (AvgIpc) is 2.90. The number of carbonyl (C=O) groups is 1. The number of amides is 1. The summed E-state index contributed by atoms with van der Waals surface area (Å²) >= 11 is 0. The minimum atomic E-state index is -0.433. The van der Waals surface area contributed by atoms with Crippen molar-refractivity contribution in [2.45, 2.75) is 20.0 Å². The molecule has 1 heterocycles. The topological polar surface area (TPSA) is 47.4 Å². The monoisotopic (exact) mass is 341 g/mol. The van der Waals surface area contributed by atoms with Gasteiger partial charge in [0.25, 0.3) is 0 Å². The molecule has 0 atom stereocenters. The first-order valence-electron chi connectivity index (χ1n) is 7.98. The first-order chi connectivity index (χ1) is 12.0. The minimum Gasteiger partial charge on any atom is -0.494 e. The number of para-hydroxylation sites is 2. The Bertz CT molecular complexity index is 920. The standard InChI is InChI=1S/C19H20FN3O2/c1-13-21-16-6-4-5-7-17(16)23(13)12-19(24)22(2)11-14-8-9-18(25-3)15(20)10-14/h4-10H,11-12H2,1-3H3. The number of halogens is 1. The molecule has 0 spiro atoms. The lowest BCUT2D eigenvalue weighted by Crippen LogP contribution is -2.30. The quantitative estimate of drug-likeness (QED) is 0.716. The Kier molecular flexibility index (Phi) is 4.70.